The molecule has 0 rings (SSSR count). The standard InChI is InChI=1S/C2H6Br2Te.6C2H6O2/c1-5(2,3)4;6*3-1-2-4/h1-2H3;6*3-4H,1-2H2. The predicted molar refractivity (Wildman–Crippen MR) is 120 cm³/mol. The van der Waals surface area contributed by atoms with E-state index in [1.807, 2.05) is 0 Å². The summed E-state index contributed by atoms with van der Waals surface area (Å²) in [6.45, 7) is -1.50. The second-order valence-electron chi connectivity index (χ2n) is 3.77. The van der Waals surface area contributed by atoms with Crippen LogP contribution in [-0.4, -0.2) is 154 Å². The third kappa shape index (κ3) is 412. The molecular weight excluding hydrogens is 648 g/mol. The summed E-state index contributed by atoms with van der Waals surface area (Å²) in [5, 5.41) is 91.5. The largest absolute Gasteiger partial charge is 0.394 e. The van der Waals surface area contributed by atoms with Gasteiger partial charge in [0.15, 0.2) is 0 Å². The van der Waals surface area contributed by atoms with Crippen LogP contribution in [0.25, 0.3) is 0 Å². The van der Waals surface area contributed by atoms with Gasteiger partial charge < -0.3 is 61.3 Å². The van der Waals surface area contributed by atoms with Gasteiger partial charge in [-0.3, -0.25) is 0 Å². The van der Waals surface area contributed by atoms with Crippen LogP contribution in [0, 0.1) is 0 Å². The molecule has 12 N–H and O–H groups in total. The Bertz CT molecular complexity index is 134. The number of hydrogen-bond donors (Lipinski definition) is 12. The first-order chi connectivity index (χ1) is 13.5. The van der Waals surface area contributed by atoms with Gasteiger partial charge in [-0.05, 0) is 0 Å². The summed E-state index contributed by atoms with van der Waals surface area (Å²) in [6, 6.07) is 0. The summed E-state index contributed by atoms with van der Waals surface area (Å²) in [7, 11) is 0. The Morgan fingerprint density at radius 1 is 0.345 bits per heavy atom. The quantitative estimate of drug-likeness (QED) is 0.121. The van der Waals surface area contributed by atoms with Crippen molar-refractivity contribution in [3.8, 4) is 0 Å². The van der Waals surface area contributed by atoms with Crippen molar-refractivity contribution in [1.82, 2.24) is 0 Å². The van der Waals surface area contributed by atoms with Crippen molar-refractivity contribution in [2.75, 3.05) is 79.3 Å². The zero-order valence-electron chi connectivity index (χ0n) is 17.0. The van der Waals surface area contributed by atoms with Crippen LogP contribution >= 0.6 is 25.5 Å². The Balaban J connectivity index is -0.0000000390. The molecule has 0 radical (unpaired) electrons. The number of aliphatic hydroxyl groups is 12. The molecule has 0 atom stereocenters. The van der Waals surface area contributed by atoms with E-state index < -0.39 is 13.8 Å². The molecule has 0 amide bonds. The number of rotatable bonds is 6. The fraction of sp³-hybridized carbons (Fsp3) is 1.00. The third-order valence-corrected chi connectivity index (χ3v) is 0.600. The monoisotopic (exact) mass is 690 g/mol. The molecule has 29 heavy (non-hydrogen) atoms. The van der Waals surface area contributed by atoms with Gasteiger partial charge in [0.1, 0.15) is 0 Å². The zero-order chi connectivity index (χ0) is 25.0. The van der Waals surface area contributed by atoms with Gasteiger partial charge in [0.2, 0.25) is 0 Å². The Kier molecular flexibility index (Phi) is 104. The second-order valence-corrected chi connectivity index (χ2v) is 37.5. The maximum absolute atomic E-state index is 7.62. The molecule has 0 heterocycles. The molecule has 0 aliphatic heterocycles. The van der Waals surface area contributed by atoms with E-state index in [0.29, 0.717) is 0 Å². The average molecular weight is 690 g/mol. The maximum atomic E-state index is 7.62. The Morgan fingerprint density at radius 3 is 0.379 bits per heavy atom. The summed E-state index contributed by atoms with van der Waals surface area (Å²) in [5.41, 5.74) is 0. The van der Waals surface area contributed by atoms with E-state index in [2.05, 4.69) is 35.5 Å². The fourth-order valence-corrected chi connectivity index (χ4v) is 0. The van der Waals surface area contributed by atoms with Gasteiger partial charge in [0.05, 0.1) is 79.3 Å². The Morgan fingerprint density at radius 2 is 0.379 bits per heavy atom. The van der Waals surface area contributed by atoms with Crippen molar-refractivity contribution in [2.45, 2.75) is 9.94 Å². The molecule has 0 fully saturated rings. The molecule has 15 heteroatoms. The molecule has 0 saturated carbocycles. The van der Waals surface area contributed by atoms with Crippen LogP contribution in [0.15, 0.2) is 0 Å². The minimum Gasteiger partial charge on any atom is -0.394 e. The van der Waals surface area contributed by atoms with E-state index in [1.54, 1.807) is 0 Å². The molecule has 0 unspecified atom stereocenters. The molecule has 0 aliphatic carbocycles. The third-order valence-electron chi connectivity index (χ3n) is 0.600. The van der Waals surface area contributed by atoms with Crippen molar-refractivity contribution in [3.63, 3.8) is 0 Å². The second kappa shape index (κ2) is 63.0. The average Bonchev–Trinajstić information content (AvgIpc) is 2.72. The molecule has 0 spiro atoms. The molecule has 0 aromatic carbocycles. The summed E-state index contributed by atoms with van der Waals surface area (Å²) in [6.07, 6.45) is 0. The maximum Gasteiger partial charge on any atom is 0.0662 e. The molecular formula is C14H42Br2O12Te. The minimum atomic E-state index is -1.39. The van der Waals surface area contributed by atoms with Crippen molar-refractivity contribution in [1.29, 1.82) is 0 Å². The molecule has 12 nitrogen and oxygen atoms in total. The Hall–Kier alpha value is 1.27. The van der Waals surface area contributed by atoms with Gasteiger partial charge in [0.25, 0.3) is 0 Å². The summed E-state index contributed by atoms with van der Waals surface area (Å²) in [4.78, 5) is 4.42. The van der Waals surface area contributed by atoms with Gasteiger partial charge in [0, 0.05) is 0 Å². The SMILES string of the molecule is C[Te](C)(Br)Br.OCCO.OCCO.OCCO.OCCO.OCCO.OCCO. The van der Waals surface area contributed by atoms with E-state index in [-0.39, 0.29) is 79.3 Å². The first-order valence-corrected chi connectivity index (χ1v) is 23.0. The van der Waals surface area contributed by atoms with Crippen LogP contribution in [0.4, 0.5) is 0 Å². The number of aliphatic hydroxyl groups excluding tert-OH is 12. The minimum absolute atomic E-state index is 0.125. The van der Waals surface area contributed by atoms with Crippen LogP contribution in [0.5, 0.6) is 0 Å². The van der Waals surface area contributed by atoms with E-state index in [1.165, 1.54) is 0 Å². The molecule has 0 aromatic heterocycles. The fourth-order valence-electron chi connectivity index (χ4n) is 0. The van der Waals surface area contributed by atoms with E-state index in [4.69, 9.17) is 61.3 Å². The van der Waals surface area contributed by atoms with Crippen LogP contribution in [0.2, 0.25) is 9.94 Å². The number of hydrogen-bond acceptors (Lipinski definition) is 12. The topological polar surface area (TPSA) is 243 Å². The number of halogens is 2. The van der Waals surface area contributed by atoms with Crippen LogP contribution < -0.4 is 0 Å². The molecule has 0 saturated heterocycles. The first kappa shape index (κ1) is 47.9. The van der Waals surface area contributed by atoms with Crippen molar-refractivity contribution < 1.29 is 61.3 Å². The zero-order valence-corrected chi connectivity index (χ0v) is 22.5. The first-order valence-electron chi connectivity index (χ1n) is 7.92. The summed E-state index contributed by atoms with van der Waals surface area (Å²) < 4.78 is 0. The van der Waals surface area contributed by atoms with E-state index >= 15 is 0 Å². The molecule has 0 bridgehead atoms. The van der Waals surface area contributed by atoms with Gasteiger partial charge in [-0.1, -0.05) is 0 Å². The van der Waals surface area contributed by atoms with Gasteiger partial charge >= 0.3 is 49.2 Å². The van der Waals surface area contributed by atoms with Crippen LogP contribution in [-0.2, 0) is 0 Å². The Labute approximate surface area is 189 Å². The van der Waals surface area contributed by atoms with Gasteiger partial charge in [-0.25, -0.2) is 0 Å². The molecule has 0 aromatic rings. The van der Waals surface area contributed by atoms with Gasteiger partial charge in [-0.15, -0.1) is 0 Å². The van der Waals surface area contributed by atoms with Crippen LogP contribution in [0.1, 0.15) is 0 Å². The van der Waals surface area contributed by atoms with Crippen molar-refractivity contribution in [2.24, 2.45) is 0 Å². The normalized spacial score (nSPS) is 8.83. The summed E-state index contributed by atoms with van der Waals surface area (Å²) in [5.74, 6) is 0. The van der Waals surface area contributed by atoms with Gasteiger partial charge in [-0.2, -0.15) is 0 Å². The molecule has 190 valence electrons. The summed E-state index contributed by atoms with van der Waals surface area (Å²) >= 11 is 5.57. The predicted octanol–water partition coefficient (Wildman–Crippen LogP) is -3.70. The molecule has 0 aliphatic rings. The van der Waals surface area contributed by atoms with Crippen molar-refractivity contribution in [3.05, 3.63) is 0 Å². The van der Waals surface area contributed by atoms with Crippen molar-refractivity contribution >= 4 is 39.3 Å². The smallest absolute Gasteiger partial charge is 0.0662 e. The van der Waals surface area contributed by atoms with Crippen LogP contribution in [0.3, 0.4) is 0 Å². The van der Waals surface area contributed by atoms with E-state index in [0.717, 1.165) is 0 Å². The van der Waals surface area contributed by atoms with E-state index in [9.17, 15) is 0 Å².